The highest BCUT2D eigenvalue weighted by molar-refractivity contribution is 6.76. The van der Waals surface area contributed by atoms with E-state index in [1.807, 2.05) is 0 Å². The molecule has 0 aliphatic heterocycles. The molecule has 0 unspecified atom stereocenters. The Morgan fingerprint density at radius 1 is 1.24 bits per heavy atom. The van der Waals surface area contributed by atoms with Crippen LogP contribution in [0.4, 0.5) is 14.5 Å². The van der Waals surface area contributed by atoms with Crippen LogP contribution in [0.3, 0.4) is 0 Å². The molecule has 2 aromatic rings. The van der Waals surface area contributed by atoms with Crippen LogP contribution in [-0.4, -0.2) is 24.2 Å². The first-order valence-corrected chi connectivity index (χ1v) is 11.4. The number of halogens is 2. The SMILES string of the molecule is C[Si](C)(C)CCOCn1ccc(Oc2c(F)cc([N+](=O)[O-])cc2F)c1. The van der Waals surface area contributed by atoms with Gasteiger partial charge in [0, 0.05) is 27.1 Å². The van der Waals surface area contributed by atoms with Gasteiger partial charge in [0.15, 0.2) is 17.4 Å². The molecular formula is C16H20F2N2O4Si. The zero-order valence-electron chi connectivity index (χ0n) is 14.3. The van der Waals surface area contributed by atoms with Crippen molar-refractivity contribution in [3.05, 3.63) is 52.3 Å². The van der Waals surface area contributed by atoms with E-state index in [-0.39, 0.29) is 5.75 Å². The largest absolute Gasteiger partial charge is 0.450 e. The van der Waals surface area contributed by atoms with Gasteiger partial charge < -0.3 is 14.0 Å². The molecule has 6 nitrogen and oxygen atoms in total. The molecule has 0 fully saturated rings. The standard InChI is InChI=1S/C16H20F2N2O4Si/c1-25(2,3)7-6-23-11-19-5-4-13(10-19)24-16-14(17)8-12(20(21)22)9-15(16)18/h4-5,8-10H,6-7,11H2,1-3H3. The zero-order chi connectivity index (χ0) is 18.6. The topological polar surface area (TPSA) is 66.5 Å². The molecule has 1 heterocycles. The monoisotopic (exact) mass is 370 g/mol. The molecular weight excluding hydrogens is 350 g/mol. The van der Waals surface area contributed by atoms with Gasteiger partial charge in [0.05, 0.1) is 17.1 Å². The maximum atomic E-state index is 13.8. The predicted octanol–water partition coefficient (Wildman–Crippen LogP) is 4.78. The Kier molecular flexibility index (Phi) is 5.91. The van der Waals surface area contributed by atoms with Crippen molar-refractivity contribution in [1.82, 2.24) is 4.57 Å². The van der Waals surface area contributed by atoms with Gasteiger partial charge in [0.2, 0.25) is 0 Å². The molecule has 1 aromatic heterocycles. The number of nitro groups is 1. The number of ether oxygens (including phenoxy) is 2. The van der Waals surface area contributed by atoms with Crippen molar-refractivity contribution in [1.29, 1.82) is 0 Å². The predicted molar refractivity (Wildman–Crippen MR) is 91.6 cm³/mol. The zero-order valence-corrected chi connectivity index (χ0v) is 15.3. The van der Waals surface area contributed by atoms with Crippen LogP contribution < -0.4 is 4.74 Å². The number of nitrogens with zero attached hydrogens (tertiary/aromatic N) is 2. The Bertz CT molecular complexity index is 736. The van der Waals surface area contributed by atoms with Crippen molar-refractivity contribution < 1.29 is 23.2 Å². The molecule has 0 aliphatic carbocycles. The first-order valence-electron chi connectivity index (χ1n) is 7.70. The van der Waals surface area contributed by atoms with Crippen molar-refractivity contribution in [3.63, 3.8) is 0 Å². The Balaban J connectivity index is 1.98. The van der Waals surface area contributed by atoms with E-state index in [2.05, 4.69) is 19.6 Å². The number of aromatic nitrogens is 1. The molecule has 0 saturated heterocycles. The highest BCUT2D eigenvalue weighted by Crippen LogP contribution is 2.31. The Labute approximate surface area is 145 Å². The first-order chi connectivity index (χ1) is 11.7. The Morgan fingerprint density at radius 2 is 1.88 bits per heavy atom. The molecule has 0 bridgehead atoms. The number of non-ortho nitro benzene ring substituents is 1. The number of benzene rings is 1. The van der Waals surface area contributed by atoms with Gasteiger partial charge in [-0.25, -0.2) is 8.78 Å². The molecule has 0 aliphatic rings. The lowest BCUT2D eigenvalue weighted by Gasteiger charge is -2.15. The molecule has 2 rings (SSSR count). The van der Waals surface area contributed by atoms with Crippen molar-refractivity contribution in [3.8, 4) is 11.5 Å². The summed E-state index contributed by atoms with van der Waals surface area (Å²) >= 11 is 0. The number of nitro benzene ring substituents is 1. The smallest absolute Gasteiger partial charge is 0.275 e. The summed E-state index contributed by atoms with van der Waals surface area (Å²) in [6.45, 7) is 7.72. The van der Waals surface area contributed by atoms with Gasteiger partial charge >= 0.3 is 0 Å². The third-order valence-electron chi connectivity index (χ3n) is 3.37. The van der Waals surface area contributed by atoms with Gasteiger partial charge in [-0.05, 0) is 12.1 Å². The van der Waals surface area contributed by atoms with Gasteiger partial charge in [-0.15, -0.1) is 0 Å². The minimum absolute atomic E-state index is 0.209. The van der Waals surface area contributed by atoms with E-state index in [1.165, 1.54) is 12.3 Å². The third-order valence-corrected chi connectivity index (χ3v) is 5.08. The van der Waals surface area contributed by atoms with Gasteiger partial charge in [0.1, 0.15) is 12.5 Å². The molecule has 0 spiro atoms. The van der Waals surface area contributed by atoms with Gasteiger partial charge in [0.25, 0.3) is 5.69 Å². The van der Waals surface area contributed by atoms with E-state index >= 15 is 0 Å². The van der Waals surface area contributed by atoms with E-state index in [0.717, 1.165) is 6.04 Å². The lowest BCUT2D eigenvalue weighted by atomic mass is 10.3. The fourth-order valence-corrected chi connectivity index (χ4v) is 2.73. The van der Waals surface area contributed by atoms with Gasteiger partial charge in [-0.3, -0.25) is 10.1 Å². The van der Waals surface area contributed by atoms with Crippen LogP contribution >= 0.6 is 0 Å². The second kappa shape index (κ2) is 7.75. The van der Waals surface area contributed by atoms with Crippen LogP contribution in [0.5, 0.6) is 11.5 Å². The normalized spacial score (nSPS) is 11.6. The second-order valence-electron chi connectivity index (χ2n) is 6.81. The lowest BCUT2D eigenvalue weighted by molar-refractivity contribution is -0.385. The fraction of sp³-hybridized carbons (Fsp3) is 0.375. The summed E-state index contributed by atoms with van der Waals surface area (Å²) < 4.78 is 40.1. The van der Waals surface area contributed by atoms with Crippen molar-refractivity contribution >= 4 is 13.8 Å². The third kappa shape index (κ3) is 5.64. The Hall–Kier alpha value is -2.26. The summed E-state index contributed by atoms with van der Waals surface area (Å²) in [4.78, 5) is 9.71. The van der Waals surface area contributed by atoms with Crippen LogP contribution in [-0.2, 0) is 11.5 Å². The summed E-state index contributed by atoms with van der Waals surface area (Å²) in [6.07, 6.45) is 3.19. The van der Waals surface area contributed by atoms with Gasteiger partial charge in [-0.1, -0.05) is 19.6 Å². The summed E-state index contributed by atoms with van der Waals surface area (Å²) in [7, 11) is -1.16. The van der Waals surface area contributed by atoms with Crippen molar-refractivity contribution in [2.75, 3.05) is 6.61 Å². The average molecular weight is 370 g/mol. The van der Waals surface area contributed by atoms with Crippen LogP contribution in [0.25, 0.3) is 0 Å². The molecule has 136 valence electrons. The second-order valence-corrected chi connectivity index (χ2v) is 12.4. The summed E-state index contributed by atoms with van der Waals surface area (Å²) in [6, 6.07) is 3.81. The van der Waals surface area contributed by atoms with Crippen LogP contribution in [0.1, 0.15) is 0 Å². The minimum Gasteiger partial charge on any atom is -0.450 e. The quantitative estimate of drug-likeness (QED) is 0.290. The molecule has 0 radical (unpaired) electrons. The van der Waals surface area contributed by atoms with E-state index < -0.39 is 36.1 Å². The summed E-state index contributed by atoms with van der Waals surface area (Å²) in [5.41, 5.74) is -0.671. The molecule has 0 N–H and O–H groups in total. The number of rotatable bonds is 8. The maximum absolute atomic E-state index is 13.8. The number of hydrogen-bond acceptors (Lipinski definition) is 4. The lowest BCUT2D eigenvalue weighted by Crippen LogP contribution is -2.21. The summed E-state index contributed by atoms with van der Waals surface area (Å²) in [5, 5.41) is 10.6. The molecule has 0 saturated carbocycles. The highest BCUT2D eigenvalue weighted by Gasteiger charge is 2.19. The van der Waals surface area contributed by atoms with E-state index in [1.54, 1.807) is 10.8 Å². The molecule has 1 aromatic carbocycles. The first kappa shape index (κ1) is 19.1. The minimum atomic E-state index is -1.16. The fourth-order valence-electron chi connectivity index (χ4n) is 1.97. The molecule has 9 heteroatoms. The number of hydrogen-bond donors (Lipinski definition) is 0. The van der Waals surface area contributed by atoms with Crippen LogP contribution in [0.2, 0.25) is 25.7 Å². The molecule has 25 heavy (non-hydrogen) atoms. The van der Waals surface area contributed by atoms with Crippen molar-refractivity contribution in [2.24, 2.45) is 0 Å². The highest BCUT2D eigenvalue weighted by atomic mass is 28.3. The molecule has 0 amide bonds. The van der Waals surface area contributed by atoms with Crippen LogP contribution in [0.15, 0.2) is 30.6 Å². The van der Waals surface area contributed by atoms with E-state index in [0.29, 0.717) is 25.5 Å². The van der Waals surface area contributed by atoms with E-state index in [9.17, 15) is 18.9 Å². The van der Waals surface area contributed by atoms with Gasteiger partial charge in [-0.2, -0.15) is 0 Å². The Morgan fingerprint density at radius 3 is 2.44 bits per heavy atom. The maximum Gasteiger partial charge on any atom is 0.275 e. The average Bonchev–Trinajstić information content (AvgIpc) is 2.94. The molecule has 0 atom stereocenters. The van der Waals surface area contributed by atoms with E-state index in [4.69, 9.17) is 9.47 Å². The van der Waals surface area contributed by atoms with Crippen molar-refractivity contribution in [2.45, 2.75) is 32.4 Å². The summed E-state index contributed by atoms with van der Waals surface area (Å²) in [5.74, 6) is -2.74. The van der Waals surface area contributed by atoms with Crippen LogP contribution in [0, 0.1) is 21.7 Å².